The van der Waals surface area contributed by atoms with Crippen LogP contribution in [0.3, 0.4) is 0 Å². The van der Waals surface area contributed by atoms with Gasteiger partial charge in [-0.2, -0.15) is 0 Å². The molecule has 0 aliphatic carbocycles. The highest BCUT2D eigenvalue weighted by Crippen LogP contribution is 2.40. The maximum absolute atomic E-state index is 6.22. The van der Waals surface area contributed by atoms with Crippen LogP contribution in [-0.4, -0.2) is 14.2 Å². The van der Waals surface area contributed by atoms with Crippen LogP contribution in [0.5, 0.6) is 11.5 Å². The van der Waals surface area contributed by atoms with Crippen molar-refractivity contribution in [3.63, 3.8) is 0 Å². The van der Waals surface area contributed by atoms with Crippen molar-refractivity contribution in [1.29, 1.82) is 0 Å². The monoisotopic (exact) mass is 257 g/mol. The first-order chi connectivity index (χ1) is 7.81. The maximum atomic E-state index is 6.22. The molecule has 4 heteroatoms. The van der Waals surface area contributed by atoms with Gasteiger partial charge in [-0.1, -0.05) is 32.4 Å². The fourth-order valence-corrected chi connectivity index (χ4v) is 1.85. The van der Waals surface area contributed by atoms with Crippen molar-refractivity contribution in [2.45, 2.75) is 26.8 Å². The fourth-order valence-electron chi connectivity index (χ4n) is 1.57. The van der Waals surface area contributed by atoms with Gasteiger partial charge in [0.25, 0.3) is 0 Å². The maximum Gasteiger partial charge on any atom is 0.162 e. The van der Waals surface area contributed by atoms with E-state index in [9.17, 15) is 0 Å². The summed E-state index contributed by atoms with van der Waals surface area (Å²) in [5.41, 5.74) is 7.01. The molecule has 0 heterocycles. The summed E-state index contributed by atoms with van der Waals surface area (Å²) < 4.78 is 10.4. The molecule has 0 amide bonds. The number of rotatable bonds is 3. The van der Waals surface area contributed by atoms with Crippen molar-refractivity contribution in [3.8, 4) is 11.5 Å². The molecule has 2 N–H and O–H groups in total. The topological polar surface area (TPSA) is 44.5 Å². The zero-order valence-electron chi connectivity index (χ0n) is 11.0. The van der Waals surface area contributed by atoms with Gasteiger partial charge in [-0.3, -0.25) is 0 Å². The van der Waals surface area contributed by atoms with Gasteiger partial charge in [-0.05, 0) is 17.0 Å². The molecule has 3 nitrogen and oxygen atoms in total. The molecule has 1 aromatic rings. The summed E-state index contributed by atoms with van der Waals surface area (Å²) in [5.74, 6) is 1.26. The van der Waals surface area contributed by atoms with E-state index >= 15 is 0 Å². The largest absolute Gasteiger partial charge is 0.493 e. The minimum Gasteiger partial charge on any atom is -0.493 e. The number of ether oxygens (including phenoxy) is 2. The highest BCUT2D eigenvalue weighted by Gasteiger charge is 2.25. The Hall–Kier alpha value is -0.930. The lowest BCUT2D eigenvalue weighted by atomic mass is 9.83. The lowest BCUT2D eigenvalue weighted by molar-refractivity contribution is 0.322. The van der Waals surface area contributed by atoms with Crippen LogP contribution in [0.1, 0.15) is 32.4 Å². The second-order valence-electron chi connectivity index (χ2n) is 5.07. The third kappa shape index (κ3) is 3.05. The molecule has 1 aromatic carbocycles. The molecule has 0 spiro atoms. The van der Waals surface area contributed by atoms with Gasteiger partial charge in [0.2, 0.25) is 0 Å². The summed E-state index contributed by atoms with van der Waals surface area (Å²) in [4.78, 5) is 0. The molecule has 1 rings (SSSR count). The Morgan fingerprint density at radius 1 is 1.12 bits per heavy atom. The van der Waals surface area contributed by atoms with E-state index in [1.807, 2.05) is 6.07 Å². The third-order valence-electron chi connectivity index (χ3n) is 2.77. The average molecular weight is 258 g/mol. The van der Waals surface area contributed by atoms with E-state index < -0.39 is 0 Å². The SMILES string of the molecule is COc1cc(Cl)c(C(N)C(C)(C)C)cc1OC. The first kappa shape index (κ1) is 14.1. The Bertz CT molecular complexity index is 399. The molecule has 1 unspecified atom stereocenters. The molecule has 0 radical (unpaired) electrons. The number of halogens is 1. The van der Waals surface area contributed by atoms with Gasteiger partial charge in [-0.15, -0.1) is 0 Å². The molecule has 0 aliphatic rings. The minimum absolute atomic E-state index is 0.0662. The van der Waals surface area contributed by atoms with Gasteiger partial charge < -0.3 is 15.2 Å². The van der Waals surface area contributed by atoms with E-state index in [0.717, 1.165) is 5.56 Å². The van der Waals surface area contributed by atoms with Gasteiger partial charge in [0.05, 0.1) is 14.2 Å². The zero-order chi connectivity index (χ0) is 13.2. The molecule has 17 heavy (non-hydrogen) atoms. The predicted molar refractivity (Wildman–Crippen MR) is 70.9 cm³/mol. The summed E-state index contributed by atoms with van der Waals surface area (Å²) in [6.45, 7) is 6.22. The van der Waals surface area contributed by atoms with Crippen LogP contribution < -0.4 is 15.2 Å². The second-order valence-corrected chi connectivity index (χ2v) is 5.48. The Balaban J connectivity index is 3.26. The zero-order valence-corrected chi connectivity index (χ0v) is 11.8. The first-order valence-electron chi connectivity index (χ1n) is 5.48. The van der Waals surface area contributed by atoms with Crippen LogP contribution >= 0.6 is 11.6 Å². The summed E-state index contributed by atoms with van der Waals surface area (Å²) >= 11 is 6.22. The fraction of sp³-hybridized carbons (Fsp3) is 0.538. The molecular formula is C13H20ClNO2. The normalized spacial score (nSPS) is 13.4. The van der Waals surface area contributed by atoms with Crippen LogP contribution in [0, 0.1) is 5.41 Å². The van der Waals surface area contributed by atoms with Crippen LogP contribution in [0.2, 0.25) is 5.02 Å². The van der Waals surface area contributed by atoms with Crippen molar-refractivity contribution in [3.05, 3.63) is 22.7 Å². The molecule has 0 fully saturated rings. The van der Waals surface area contributed by atoms with E-state index in [1.165, 1.54) is 0 Å². The number of methoxy groups -OCH3 is 2. The number of benzene rings is 1. The average Bonchev–Trinajstić information content (AvgIpc) is 2.26. The molecule has 0 saturated carbocycles. The van der Waals surface area contributed by atoms with Crippen molar-refractivity contribution in [2.24, 2.45) is 11.1 Å². The molecule has 0 saturated heterocycles. The van der Waals surface area contributed by atoms with Crippen molar-refractivity contribution in [1.82, 2.24) is 0 Å². The Morgan fingerprint density at radius 2 is 1.59 bits per heavy atom. The smallest absolute Gasteiger partial charge is 0.162 e. The van der Waals surface area contributed by atoms with Gasteiger partial charge >= 0.3 is 0 Å². The van der Waals surface area contributed by atoms with E-state index in [-0.39, 0.29) is 11.5 Å². The lowest BCUT2D eigenvalue weighted by Crippen LogP contribution is -2.26. The Kier molecular flexibility index (Phi) is 4.28. The quantitative estimate of drug-likeness (QED) is 0.903. The summed E-state index contributed by atoms with van der Waals surface area (Å²) in [6, 6.07) is 3.42. The molecule has 0 aliphatic heterocycles. The highest BCUT2D eigenvalue weighted by molar-refractivity contribution is 6.31. The van der Waals surface area contributed by atoms with Crippen LogP contribution in [-0.2, 0) is 0 Å². The van der Waals surface area contributed by atoms with Crippen molar-refractivity contribution in [2.75, 3.05) is 14.2 Å². The van der Waals surface area contributed by atoms with Gasteiger partial charge in [-0.25, -0.2) is 0 Å². The number of nitrogens with two attached hydrogens (primary N) is 1. The standard InChI is InChI=1S/C13H20ClNO2/c1-13(2,3)12(15)8-6-10(16-4)11(17-5)7-9(8)14/h6-7,12H,15H2,1-5H3. The minimum atomic E-state index is -0.158. The first-order valence-corrected chi connectivity index (χ1v) is 5.86. The van der Waals surface area contributed by atoms with Gasteiger partial charge in [0, 0.05) is 17.1 Å². The summed E-state index contributed by atoms with van der Waals surface area (Å²) in [6.07, 6.45) is 0. The van der Waals surface area contributed by atoms with Gasteiger partial charge in [0.1, 0.15) is 0 Å². The predicted octanol–water partition coefficient (Wildman–Crippen LogP) is 3.40. The van der Waals surface area contributed by atoms with E-state index in [1.54, 1.807) is 20.3 Å². The van der Waals surface area contributed by atoms with E-state index in [4.69, 9.17) is 26.8 Å². The summed E-state index contributed by atoms with van der Waals surface area (Å²) in [5, 5.41) is 0.602. The van der Waals surface area contributed by atoms with Crippen LogP contribution in [0.25, 0.3) is 0 Å². The highest BCUT2D eigenvalue weighted by atomic mass is 35.5. The molecule has 96 valence electrons. The van der Waals surface area contributed by atoms with Gasteiger partial charge in [0.15, 0.2) is 11.5 Å². The van der Waals surface area contributed by atoms with Crippen LogP contribution in [0.15, 0.2) is 12.1 Å². The van der Waals surface area contributed by atoms with E-state index in [0.29, 0.717) is 16.5 Å². The Morgan fingerprint density at radius 3 is 2.00 bits per heavy atom. The van der Waals surface area contributed by atoms with Crippen LogP contribution in [0.4, 0.5) is 0 Å². The molecule has 0 bridgehead atoms. The number of hydrogen-bond donors (Lipinski definition) is 1. The van der Waals surface area contributed by atoms with Crippen molar-refractivity contribution >= 4 is 11.6 Å². The Labute approximate surface area is 108 Å². The molecule has 0 aromatic heterocycles. The summed E-state index contributed by atoms with van der Waals surface area (Å²) in [7, 11) is 3.18. The third-order valence-corrected chi connectivity index (χ3v) is 3.10. The molecular weight excluding hydrogens is 238 g/mol. The second kappa shape index (κ2) is 5.15. The van der Waals surface area contributed by atoms with Crippen molar-refractivity contribution < 1.29 is 9.47 Å². The number of hydrogen-bond acceptors (Lipinski definition) is 3. The lowest BCUT2D eigenvalue weighted by Gasteiger charge is -2.28. The molecule has 1 atom stereocenters. The van der Waals surface area contributed by atoms with E-state index in [2.05, 4.69) is 20.8 Å².